The Morgan fingerprint density at radius 3 is 2.10 bits per heavy atom. The van der Waals surface area contributed by atoms with Crippen LogP contribution in [0.2, 0.25) is 0 Å². The molecule has 0 saturated carbocycles. The van der Waals surface area contributed by atoms with Gasteiger partial charge in [-0.15, -0.1) is 0 Å². The molecule has 1 N–H and O–H groups in total. The number of nitrogens with zero attached hydrogens (tertiary/aromatic N) is 1. The van der Waals surface area contributed by atoms with Gasteiger partial charge in [0, 0.05) is 19.2 Å². The van der Waals surface area contributed by atoms with E-state index >= 15 is 0 Å². The van der Waals surface area contributed by atoms with Crippen LogP contribution < -0.4 is 4.90 Å². The van der Waals surface area contributed by atoms with Gasteiger partial charge in [0.25, 0.3) is 0 Å². The molecule has 0 aliphatic rings. The Morgan fingerprint density at radius 2 is 1.70 bits per heavy atom. The fourth-order valence-electron chi connectivity index (χ4n) is 1.68. The molecule has 1 unspecified atom stereocenters. The zero-order valence-electron chi connectivity index (χ0n) is 12.8. The number of aromatic carboxylic acids is 1. The van der Waals surface area contributed by atoms with Crippen LogP contribution in [0, 0.1) is 11.3 Å². The van der Waals surface area contributed by atoms with Crippen molar-refractivity contribution in [3.63, 3.8) is 0 Å². The maximum absolute atomic E-state index is 12.2. The van der Waals surface area contributed by atoms with E-state index in [1.807, 2.05) is 0 Å². The molecular formula is C16H23NO3. The van der Waals surface area contributed by atoms with Crippen LogP contribution in [0.3, 0.4) is 0 Å². The van der Waals surface area contributed by atoms with Crippen LogP contribution in [0.15, 0.2) is 24.3 Å². The summed E-state index contributed by atoms with van der Waals surface area (Å²) < 4.78 is 0. The number of anilines is 1. The Hall–Kier alpha value is -1.84. The van der Waals surface area contributed by atoms with Crippen molar-refractivity contribution in [3.8, 4) is 0 Å². The summed E-state index contributed by atoms with van der Waals surface area (Å²) in [5.41, 5.74) is 1.02. The molecule has 0 heterocycles. The number of hydrogen-bond donors (Lipinski definition) is 1. The van der Waals surface area contributed by atoms with Gasteiger partial charge in [-0.25, -0.2) is 4.79 Å². The van der Waals surface area contributed by atoms with Crippen LogP contribution in [0.5, 0.6) is 0 Å². The smallest absolute Gasteiger partial charge is 0.335 e. The van der Waals surface area contributed by atoms with E-state index in [0.717, 1.165) is 0 Å². The molecule has 0 spiro atoms. The first-order valence-electron chi connectivity index (χ1n) is 6.73. The van der Waals surface area contributed by atoms with E-state index < -0.39 is 5.97 Å². The van der Waals surface area contributed by atoms with E-state index in [9.17, 15) is 9.59 Å². The van der Waals surface area contributed by atoms with Crippen molar-refractivity contribution in [1.82, 2.24) is 0 Å². The van der Waals surface area contributed by atoms with Gasteiger partial charge in [-0.05, 0) is 35.6 Å². The van der Waals surface area contributed by atoms with E-state index in [4.69, 9.17) is 5.11 Å². The van der Waals surface area contributed by atoms with E-state index in [0.29, 0.717) is 12.1 Å². The summed E-state index contributed by atoms with van der Waals surface area (Å²) in [5, 5.41) is 8.85. The largest absolute Gasteiger partial charge is 0.478 e. The maximum atomic E-state index is 12.2. The number of rotatable bonds is 4. The summed E-state index contributed by atoms with van der Waals surface area (Å²) in [6.45, 7) is 8.42. The zero-order valence-corrected chi connectivity index (χ0v) is 12.8. The van der Waals surface area contributed by atoms with Gasteiger partial charge in [0.05, 0.1) is 5.56 Å². The third kappa shape index (κ3) is 4.08. The van der Waals surface area contributed by atoms with Gasteiger partial charge < -0.3 is 10.0 Å². The predicted molar refractivity (Wildman–Crippen MR) is 80.0 cm³/mol. The van der Waals surface area contributed by atoms with Gasteiger partial charge in [-0.3, -0.25) is 4.79 Å². The summed E-state index contributed by atoms with van der Waals surface area (Å²) >= 11 is 0. The lowest BCUT2D eigenvalue weighted by Crippen LogP contribution is -2.31. The summed E-state index contributed by atoms with van der Waals surface area (Å²) in [4.78, 5) is 24.6. The van der Waals surface area contributed by atoms with Crippen LogP contribution in [0.25, 0.3) is 0 Å². The quantitative estimate of drug-likeness (QED) is 0.917. The Kier molecular flexibility index (Phi) is 4.93. The highest BCUT2D eigenvalue weighted by molar-refractivity contribution is 5.94. The van der Waals surface area contributed by atoms with Gasteiger partial charge in [0.15, 0.2) is 0 Å². The van der Waals surface area contributed by atoms with Crippen LogP contribution in [0.1, 0.15) is 44.5 Å². The Labute approximate surface area is 120 Å². The van der Waals surface area contributed by atoms with Crippen molar-refractivity contribution < 1.29 is 14.7 Å². The van der Waals surface area contributed by atoms with Gasteiger partial charge in [0.2, 0.25) is 5.91 Å². The van der Waals surface area contributed by atoms with Crippen molar-refractivity contribution in [2.24, 2.45) is 11.3 Å². The highest BCUT2D eigenvalue weighted by Crippen LogP contribution is 2.29. The van der Waals surface area contributed by atoms with Gasteiger partial charge in [-0.2, -0.15) is 0 Å². The average molecular weight is 277 g/mol. The summed E-state index contributed by atoms with van der Waals surface area (Å²) in [5.74, 6) is -0.655. The third-order valence-corrected chi connectivity index (χ3v) is 3.83. The van der Waals surface area contributed by atoms with Gasteiger partial charge in [-0.1, -0.05) is 27.7 Å². The van der Waals surface area contributed by atoms with E-state index in [1.165, 1.54) is 12.1 Å². The number of carboxylic acid groups (broad SMARTS) is 1. The highest BCUT2D eigenvalue weighted by atomic mass is 16.4. The maximum Gasteiger partial charge on any atom is 0.335 e. The van der Waals surface area contributed by atoms with Crippen LogP contribution in [-0.2, 0) is 4.79 Å². The fourth-order valence-corrected chi connectivity index (χ4v) is 1.68. The molecule has 0 saturated heterocycles. The molecule has 0 aliphatic carbocycles. The molecule has 20 heavy (non-hydrogen) atoms. The van der Waals surface area contributed by atoms with E-state index in [-0.39, 0.29) is 22.8 Å². The van der Waals surface area contributed by atoms with E-state index in [1.54, 1.807) is 24.1 Å². The monoisotopic (exact) mass is 277 g/mol. The van der Waals surface area contributed by atoms with Crippen LogP contribution in [-0.4, -0.2) is 24.0 Å². The molecule has 110 valence electrons. The molecule has 1 atom stereocenters. The lowest BCUT2D eigenvalue weighted by Gasteiger charge is -2.28. The molecule has 0 aromatic heterocycles. The standard InChI is InChI=1S/C16H23NO3/c1-11(16(2,3)4)10-14(18)17(5)13-8-6-12(7-9-13)15(19)20/h6-9,11H,10H2,1-5H3,(H,19,20). The Balaban J connectivity index is 2.76. The summed E-state index contributed by atoms with van der Waals surface area (Å²) in [6, 6.07) is 6.33. The Morgan fingerprint density at radius 1 is 1.20 bits per heavy atom. The number of hydrogen-bond acceptors (Lipinski definition) is 2. The second-order valence-electron chi connectivity index (χ2n) is 6.28. The van der Waals surface area contributed by atoms with Crippen LogP contribution >= 0.6 is 0 Å². The zero-order chi connectivity index (χ0) is 15.5. The lowest BCUT2D eigenvalue weighted by atomic mass is 9.80. The third-order valence-electron chi connectivity index (χ3n) is 3.83. The molecule has 0 aliphatic heterocycles. The fraction of sp³-hybridized carbons (Fsp3) is 0.500. The first-order chi connectivity index (χ1) is 9.12. The molecule has 0 radical (unpaired) electrons. The van der Waals surface area contributed by atoms with Crippen molar-refractivity contribution >= 4 is 17.6 Å². The lowest BCUT2D eigenvalue weighted by molar-refractivity contribution is -0.119. The number of carbonyl (C=O) groups excluding carboxylic acids is 1. The minimum atomic E-state index is -0.966. The van der Waals surface area contributed by atoms with Crippen LogP contribution in [0.4, 0.5) is 5.69 Å². The topological polar surface area (TPSA) is 57.6 Å². The normalized spacial score (nSPS) is 12.8. The second kappa shape index (κ2) is 6.07. The average Bonchev–Trinajstić information content (AvgIpc) is 2.36. The molecule has 0 bridgehead atoms. The SMILES string of the molecule is CC(CC(=O)N(C)c1ccc(C(=O)O)cc1)C(C)(C)C. The summed E-state index contributed by atoms with van der Waals surface area (Å²) in [7, 11) is 1.72. The number of carboxylic acids is 1. The minimum Gasteiger partial charge on any atom is -0.478 e. The second-order valence-corrected chi connectivity index (χ2v) is 6.28. The molecule has 1 amide bonds. The molecule has 1 aromatic rings. The van der Waals surface area contributed by atoms with Gasteiger partial charge in [0.1, 0.15) is 0 Å². The first-order valence-corrected chi connectivity index (χ1v) is 6.73. The van der Waals surface area contributed by atoms with E-state index in [2.05, 4.69) is 27.7 Å². The summed E-state index contributed by atoms with van der Waals surface area (Å²) in [6.07, 6.45) is 0.473. The molecule has 1 aromatic carbocycles. The minimum absolute atomic E-state index is 0.0375. The molecule has 0 fully saturated rings. The van der Waals surface area contributed by atoms with Crippen molar-refractivity contribution in [2.45, 2.75) is 34.1 Å². The predicted octanol–water partition coefficient (Wildman–Crippen LogP) is 3.42. The van der Waals surface area contributed by atoms with Crippen molar-refractivity contribution in [3.05, 3.63) is 29.8 Å². The van der Waals surface area contributed by atoms with Crippen molar-refractivity contribution in [1.29, 1.82) is 0 Å². The van der Waals surface area contributed by atoms with Crippen molar-refractivity contribution in [2.75, 3.05) is 11.9 Å². The molecule has 4 heteroatoms. The number of benzene rings is 1. The Bertz CT molecular complexity index is 485. The number of amides is 1. The highest BCUT2D eigenvalue weighted by Gasteiger charge is 2.24. The molecular weight excluding hydrogens is 254 g/mol. The number of carbonyl (C=O) groups is 2. The molecule has 1 rings (SSSR count). The van der Waals surface area contributed by atoms with Gasteiger partial charge >= 0.3 is 5.97 Å². The first kappa shape index (κ1) is 16.2. The molecule has 4 nitrogen and oxygen atoms in total.